The molecule has 0 aromatic heterocycles. The van der Waals surface area contributed by atoms with Crippen LogP contribution in [-0.4, -0.2) is 31.5 Å². The molecule has 3 nitrogen and oxygen atoms in total. The number of hydrogen-bond donors (Lipinski definition) is 0. The lowest BCUT2D eigenvalue weighted by Gasteiger charge is -2.27. The molecule has 0 saturated heterocycles. The molecular weight excluding hydrogens is 166 g/mol. The van der Waals surface area contributed by atoms with Crippen molar-refractivity contribution in [2.24, 2.45) is 5.92 Å². The lowest BCUT2D eigenvalue weighted by Crippen LogP contribution is -2.38. The van der Waals surface area contributed by atoms with Gasteiger partial charge in [0, 0.05) is 7.05 Å². The molecule has 0 heterocycles. The van der Waals surface area contributed by atoms with E-state index in [1.54, 1.807) is 19.2 Å². The van der Waals surface area contributed by atoms with Gasteiger partial charge in [-0.3, -0.25) is 0 Å². The smallest absolute Gasteiger partial charge is 0.139 e. The summed E-state index contributed by atoms with van der Waals surface area (Å²) in [5.74, 6) is 0.410. The zero-order chi connectivity index (χ0) is 10.3. The lowest BCUT2D eigenvalue weighted by molar-refractivity contribution is -0.160. The van der Waals surface area contributed by atoms with E-state index in [1.165, 1.54) is 0 Å². The van der Waals surface area contributed by atoms with Crippen molar-refractivity contribution in [3.8, 4) is 0 Å². The average molecular weight is 187 g/mol. The minimum absolute atomic E-state index is 0.102. The van der Waals surface area contributed by atoms with E-state index in [0.29, 0.717) is 5.92 Å². The molecule has 0 radical (unpaired) electrons. The predicted molar refractivity (Wildman–Crippen MR) is 53.3 cm³/mol. The molecule has 0 aliphatic carbocycles. The van der Waals surface area contributed by atoms with Crippen LogP contribution < -0.4 is 0 Å². The number of rotatable bonds is 7. The van der Waals surface area contributed by atoms with Gasteiger partial charge in [0.25, 0.3) is 0 Å². The highest BCUT2D eigenvalue weighted by Gasteiger charge is 2.22. The molecule has 0 aliphatic heterocycles. The third kappa shape index (κ3) is 3.87. The number of hydrogen-bond acceptors (Lipinski definition) is 3. The van der Waals surface area contributed by atoms with Crippen LogP contribution in [0.2, 0.25) is 0 Å². The number of hydroxylamine groups is 2. The molecule has 0 aromatic rings. The van der Waals surface area contributed by atoms with Crippen LogP contribution in [0.15, 0.2) is 0 Å². The standard InChI is InChI=1S/C10H21NO2/c1-5-7-9(6-2)10(8-12)11(3)13-4/h8-10H,5-7H2,1-4H3/t9-,10?/m1/s1. The Hall–Kier alpha value is -0.410. The van der Waals surface area contributed by atoms with Gasteiger partial charge in [-0.05, 0) is 12.3 Å². The highest BCUT2D eigenvalue weighted by molar-refractivity contribution is 5.57. The summed E-state index contributed by atoms with van der Waals surface area (Å²) in [6, 6.07) is -0.102. The molecular formula is C10H21NO2. The Morgan fingerprint density at radius 3 is 2.38 bits per heavy atom. The Bertz CT molecular complexity index is 139. The molecule has 13 heavy (non-hydrogen) atoms. The molecule has 0 aliphatic rings. The molecule has 0 rings (SSSR count). The maximum Gasteiger partial charge on any atom is 0.139 e. The van der Waals surface area contributed by atoms with Gasteiger partial charge in [0.1, 0.15) is 6.29 Å². The Balaban J connectivity index is 4.23. The first-order valence-electron chi connectivity index (χ1n) is 4.93. The van der Waals surface area contributed by atoms with E-state index in [2.05, 4.69) is 13.8 Å². The van der Waals surface area contributed by atoms with Crippen molar-refractivity contribution in [3.63, 3.8) is 0 Å². The van der Waals surface area contributed by atoms with Crippen molar-refractivity contribution in [3.05, 3.63) is 0 Å². The molecule has 0 amide bonds. The summed E-state index contributed by atoms with van der Waals surface area (Å²) in [5, 5.41) is 1.64. The van der Waals surface area contributed by atoms with E-state index in [9.17, 15) is 4.79 Å². The Morgan fingerprint density at radius 1 is 1.46 bits per heavy atom. The highest BCUT2D eigenvalue weighted by atomic mass is 16.7. The molecule has 0 bridgehead atoms. The van der Waals surface area contributed by atoms with E-state index < -0.39 is 0 Å². The fourth-order valence-corrected chi connectivity index (χ4v) is 1.60. The first kappa shape index (κ1) is 12.6. The molecule has 78 valence electrons. The Morgan fingerprint density at radius 2 is 2.08 bits per heavy atom. The minimum atomic E-state index is -0.102. The van der Waals surface area contributed by atoms with E-state index >= 15 is 0 Å². The summed E-state index contributed by atoms with van der Waals surface area (Å²) < 4.78 is 0. The molecule has 0 spiro atoms. The van der Waals surface area contributed by atoms with Crippen LogP contribution in [0.5, 0.6) is 0 Å². The molecule has 2 atom stereocenters. The summed E-state index contributed by atoms with van der Waals surface area (Å²) in [5.41, 5.74) is 0. The molecule has 0 fully saturated rings. The summed E-state index contributed by atoms with van der Waals surface area (Å²) >= 11 is 0. The first-order valence-corrected chi connectivity index (χ1v) is 4.93. The van der Waals surface area contributed by atoms with Gasteiger partial charge in [-0.2, -0.15) is 5.06 Å². The number of carbonyl (C=O) groups is 1. The van der Waals surface area contributed by atoms with Crippen LogP contribution in [0.4, 0.5) is 0 Å². The van der Waals surface area contributed by atoms with Crippen LogP contribution >= 0.6 is 0 Å². The van der Waals surface area contributed by atoms with Crippen LogP contribution in [0.3, 0.4) is 0 Å². The summed E-state index contributed by atoms with van der Waals surface area (Å²) in [7, 11) is 3.40. The first-order chi connectivity index (χ1) is 6.21. The second-order valence-electron chi connectivity index (χ2n) is 3.31. The highest BCUT2D eigenvalue weighted by Crippen LogP contribution is 2.18. The molecule has 1 unspecified atom stereocenters. The monoisotopic (exact) mass is 187 g/mol. The van der Waals surface area contributed by atoms with Crippen molar-refractivity contribution < 1.29 is 9.63 Å². The average Bonchev–Trinajstić information content (AvgIpc) is 2.17. The van der Waals surface area contributed by atoms with Gasteiger partial charge in [-0.25, -0.2) is 0 Å². The van der Waals surface area contributed by atoms with Crippen molar-refractivity contribution >= 4 is 6.29 Å². The number of likely N-dealkylation sites (N-methyl/N-ethyl adjacent to an activating group) is 1. The Kier molecular flexibility index (Phi) is 6.82. The van der Waals surface area contributed by atoms with Crippen LogP contribution in [0.1, 0.15) is 33.1 Å². The summed E-state index contributed by atoms with van der Waals surface area (Å²) in [6.07, 6.45) is 4.19. The quantitative estimate of drug-likeness (QED) is 0.450. The third-order valence-corrected chi connectivity index (χ3v) is 2.51. The van der Waals surface area contributed by atoms with Gasteiger partial charge in [-0.15, -0.1) is 0 Å². The summed E-state index contributed by atoms with van der Waals surface area (Å²) in [4.78, 5) is 15.9. The van der Waals surface area contributed by atoms with Gasteiger partial charge < -0.3 is 9.63 Å². The SMILES string of the molecule is CCC[C@@H](CC)C(C=O)N(C)OC. The van der Waals surface area contributed by atoms with Crippen molar-refractivity contribution in [1.82, 2.24) is 5.06 Å². The normalized spacial score (nSPS) is 15.8. The van der Waals surface area contributed by atoms with Gasteiger partial charge in [-0.1, -0.05) is 26.7 Å². The second-order valence-corrected chi connectivity index (χ2v) is 3.31. The van der Waals surface area contributed by atoms with Gasteiger partial charge in [0.15, 0.2) is 0 Å². The van der Waals surface area contributed by atoms with Crippen molar-refractivity contribution in [1.29, 1.82) is 0 Å². The van der Waals surface area contributed by atoms with E-state index in [4.69, 9.17) is 4.84 Å². The zero-order valence-electron chi connectivity index (χ0n) is 9.12. The maximum atomic E-state index is 10.9. The fraction of sp³-hybridized carbons (Fsp3) is 0.900. The number of carbonyl (C=O) groups excluding carboxylic acids is 1. The van der Waals surface area contributed by atoms with E-state index in [1.807, 2.05) is 0 Å². The molecule has 0 aromatic carbocycles. The fourth-order valence-electron chi connectivity index (χ4n) is 1.60. The third-order valence-electron chi connectivity index (χ3n) is 2.51. The second kappa shape index (κ2) is 7.04. The van der Waals surface area contributed by atoms with E-state index in [0.717, 1.165) is 25.5 Å². The van der Waals surface area contributed by atoms with Gasteiger partial charge in [0.2, 0.25) is 0 Å². The molecule has 3 heteroatoms. The Labute approximate surface area is 81.0 Å². The largest absolute Gasteiger partial charge is 0.302 e. The van der Waals surface area contributed by atoms with Crippen molar-refractivity contribution in [2.75, 3.05) is 14.2 Å². The minimum Gasteiger partial charge on any atom is -0.302 e. The number of nitrogens with zero attached hydrogens (tertiary/aromatic N) is 1. The summed E-state index contributed by atoms with van der Waals surface area (Å²) in [6.45, 7) is 4.25. The lowest BCUT2D eigenvalue weighted by atomic mass is 9.93. The van der Waals surface area contributed by atoms with Gasteiger partial charge in [0.05, 0.1) is 13.2 Å². The van der Waals surface area contributed by atoms with Crippen LogP contribution in [-0.2, 0) is 9.63 Å². The maximum absolute atomic E-state index is 10.9. The topological polar surface area (TPSA) is 29.5 Å². The van der Waals surface area contributed by atoms with Crippen LogP contribution in [0, 0.1) is 5.92 Å². The van der Waals surface area contributed by atoms with Gasteiger partial charge >= 0.3 is 0 Å². The van der Waals surface area contributed by atoms with E-state index in [-0.39, 0.29) is 6.04 Å². The van der Waals surface area contributed by atoms with Crippen LogP contribution in [0.25, 0.3) is 0 Å². The zero-order valence-corrected chi connectivity index (χ0v) is 9.12. The van der Waals surface area contributed by atoms with Crippen molar-refractivity contribution in [2.45, 2.75) is 39.2 Å². The predicted octanol–water partition coefficient (Wildman–Crippen LogP) is 1.87. The number of aldehydes is 1. The molecule has 0 N–H and O–H groups in total. The molecule has 0 saturated carbocycles.